The Labute approximate surface area is 224 Å². The lowest BCUT2D eigenvalue weighted by atomic mass is 9.99. The maximum atomic E-state index is 13.9. The molecule has 7 heteroatoms. The molecule has 3 aromatic carbocycles. The van der Waals surface area contributed by atoms with Crippen LogP contribution in [-0.4, -0.2) is 42.7 Å². The fourth-order valence-electron chi connectivity index (χ4n) is 4.56. The third kappa shape index (κ3) is 6.35. The second-order valence-corrected chi connectivity index (χ2v) is 9.39. The topological polar surface area (TPSA) is 90.9 Å². The number of hydrogen-bond acceptors (Lipinski definition) is 4. The summed E-state index contributed by atoms with van der Waals surface area (Å²) in [6.45, 7) is 4.35. The third-order valence-corrected chi connectivity index (χ3v) is 6.59. The zero-order chi connectivity index (χ0) is 26.9. The van der Waals surface area contributed by atoms with Crippen molar-refractivity contribution in [3.05, 3.63) is 101 Å². The number of aryl methyl sites for hydroxylation is 1. The molecule has 196 valence electrons. The molecule has 1 atom stereocenters. The summed E-state index contributed by atoms with van der Waals surface area (Å²) in [5, 5.41) is 5.59. The quantitative estimate of drug-likeness (QED) is 0.288. The first-order chi connectivity index (χ1) is 18.5. The molecule has 7 nitrogen and oxygen atoms in total. The lowest BCUT2D eigenvalue weighted by Gasteiger charge is -2.25. The Morgan fingerprint density at radius 1 is 0.895 bits per heavy atom. The third-order valence-electron chi connectivity index (χ3n) is 6.59. The number of unbranched alkanes of at least 4 members (excludes halogenated alkanes) is 3. The molecule has 0 spiro atoms. The highest BCUT2D eigenvalue weighted by molar-refractivity contribution is 6.21. The van der Waals surface area contributed by atoms with E-state index in [4.69, 9.17) is 4.99 Å². The van der Waals surface area contributed by atoms with Gasteiger partial charge in [-0.15, -0.1) is 0 Å². The van der Waals surface area contributed by atoms with Crippen molar-refractivity contribution in [2.24, 2.45) is 4.99 Å². The van der Waals surface area contributed by atoms with Gasteiger partial charge in [-0.2, -0.15) is 0 Å². The smallest absolute Gasteiger partial charge is 0.316 e. The van der Waals surface area contributed by atoms with Crippen molar-refractivity contribution < 1.29 is 14.4 Å². The normalized spacial score (nSPS) is 14.8. The van der Waals surface area contributed by atoms with Crippen LogP contribution in [0.4, 0.5) is 10.5 Å². The van der Waals surface area contributed by atoms with E-state index in [1.54, 1.807) is 6.07 Å². The number of urea groups is 1. The Balaban J connectivity index is 1.68. The number of anilines is 1. The molecule has 3 aromatic rings. The molecule has 2 N–H and O–H groups in total. The molecule has 0 bridgehead atoms. The van der Waals surface area contributed by atoms with Crippen LogP contribution in [0.3, 0.4) is 0 Å². The van der Waals surface area contributed by atoms with Crippen molar-refractivity contribution in [1.82, 2.24) is 10.6 Å². The molecule has 0 aromatic heterocycles. The number of hydrogen-bond donors (Lipinski definition) is 2. The molecule has 0 radical (unpaired) electrons. The highest BCUT2D eigenvalue weighted by Crippen LogP contribution is 2.28. The molecular formula is C31H34N4O3. The number of ketones is 1. The predicted octanol–water partition coefficient (Wildman–Crippen LogP) is 5.27. The van der Waals surface area contributed by atoms with Crippen LogP contribution in [0.2, 0.25) is 0 Å². The summed E-state index contributed by atoms with van der Waals surface area (Å²) in [6.07, 6.45) is 2.91. The highest BCUT2D eigenvalue weighted by atomic mass is 16.2. The number of nitrogens with one attached hydrogen (secondary N) is 2. The van der Waals surface area contributed by atoms with Crippen LogP contribution in [0, 0.1) is 6.92 Å². The van der Waals surface area contributed by atoms with E-state index in [9.17, 15) is 14.4 Å². The molecule has 0 fully saturated rings. The largest absolute Gasteiger partial charge is 0.338 e. The van der Waals surface area contributed by atoms with Gasteiger partial charge in [-0.1, -0.05) is 99.0 Å². The van der Waals surface area contributed by atoms with Crippen LogP contribution in [0.15, 0.2) is 83.9 Å². The minimum atomic E-state index is -1.20. The van der Waals surface area contributed by atoms with Gasteiger partial charge in [-0.3, -0.25) is 9.59 Å². The van der Waals surface area contributed by atoms with E-state index in [1.807, 2.05) is 79.7 Å². The minimum Gasteiger partial charge on any atom is -0.338 e. The number of Topliss-reactive ketones (excluding diaryl/α,β-unsaturated/α-hetero) is 1. The molecule has 1 aliphatic rings. The lowest BCUT2D eigenvalue weighted by molar-refractivity contribution is -0.120. The van der Waals surface area contributed by atoms with Crippen molar-refractivity contribution in [2.45, 2.75) is 45.7 Å². The Bertz CT molecular complexity index is 1320. The van der Waals surface area contributed by atoms with Crippen LogP contribution in [0.5, 0.6) is 0 Å². The van der Waals surface area contributed by atoms with Crippen molar-refractivity contribution in [2.75, 3.05) is 18.0 Å². The van der Waals surface area contributed by atoms with Gasteiger partial charge in [0.15, 0.2) is 5.78 Å². The van der Waals surface area contributed by atoms with Gasteiger partial charge < -0.3 is 15.5 Å². The van der Waals surface area contributed by atoms with E-state index in [0.717, 1.165) is 36.8 Å². The maximum Gasteiger partial charge on any atom is 0.316 e. The van der Waals surface area contributed by atoms with E-state index in [1.165, 1.54) is 4.90 Å². The average molecular weight is 511 g/mol. The van der Waals surface area contributed by atoms with Crippen LogP contribution in [0.1, 0.15) is 59.7 Å². The zero-order valence-corrected chi connectivity index (χ0v) is 21.9. The minimum absolute atomic E-state index is 0.172. The van der Waals surface area contributed by atoms with Crippen LogP contribution in [-0.2, 0) is 4.79 Å². The summed E-state index contributed by atoms with van der Waals surface area (Å²) in [5.74, 6) is -0.653. The van der Waals surface area contributed by atoms with Crippen LogP contribution in [0.25, 0.3) is 0 Å². The molecule has 3 amide bonds. The first kappa shape index (κ1) is 26.8. The predicted molar refractivity (Wildman–Crippen MR) is 151 cm³/mol. The molecule has 0 saturated carbocycles. The number of nitrogens with zero attached hydrogens (tertiary/aromatic N) is 2. The first-order valence-electron chi connectivity index (χ1n) is 13.2. The highest BCUT2D eigenvalue weighted by Gasteiger charge is 2.34. The molecule has 1 aliphatic heterocycles. The van der Waals surface area contributed by atoms with Gasteiger partial charge in [0.1, 0.15) is 0 Å². The summed E-state index contributed by atoms with van der Waals surface area (Å²) >= 11 is 0. The van der Waals surface area contributed by atoms with E-state index >= 15 is 0 Å². The summed E-state index contributed by atoms with van der Waals surface area (Å²) in [5.41, 5.74) is 4.08. The number of carbonyl (C=O) groups is 3. The first-order valence-corrected chi connectivity index (χ1v) is 13.2. The second kappa shape index (κ2) is 12.8. The molecular weight excluding hydrogens is 476 g/mol. The Hall–Kier alpha value is -4.26. The van der Waals surface area contributed by atoms with Gasteiger partial charge in [-0.25, -0.2) is 9.79 Å². The molecule has 4 rings (SSSR count). The number of amides is 3. The second-order valence-electron chi connectivity index (χ2n) is 9.39. The van der Waals surface area contributed by atoms with Gasteiger partial charge in [0.05, 0.1) is 17.9 Å². The SMILES string of the molecule is CCCCCCNC(=O)N[C@@H]1N=C(c2ccccc2)c2ccccc2N(CC(=O)c2ccccc2C)C1=O. The van der Waals surface area contributed by atoms with Crippen molar-refractivity contribution >= 4 is 29.1 Å². The van der Waals surface area contributed by atoms with Crippen molar-refractivity contribution in [3.63, 3.8) is 0 Å². The number of rotatable bonds is 10. The van der Waals surface area contributed by atoms with Gasteiger partial charge in [-0.05, 0) is 25.0 Å². The summed E-state index contributed by atoms with van der Waals surface area (Å²) < 4.78 is 0. The standard InChI is InChI=1S/C31H34N4O3/c1-3-4-5-13-20-32-31(38)34-29-30(37)35(21-27(36)24-17-10-9-14-22(24)2)26-19-12-11-18-25(26)28(33-29)23-15-7-6-8-16-23/h6-12,14-19,29H,3-5,13,20-21H2,1-2H3,(H2,32,34,38)/t29-/m0/s1. The van der Waals surface area contributed by atoms with E-state index in [2.05, 4.69) is 17.6 Å². The fraction of sp³-hybridized carbons (Fsp3) is 0.290. The average Bonchev–Trinajstić information content (AvgIpc) is 3.04. The summed E-state index contributed by atoms with van der Waals surface area (Å²) in [7, 11) is 0. The zero-order valence-electron chi connectivity index (χ0n) is 21.9. The van der Waals surface area contributed by atoms with E-state index in [-0.39, 0.29) is 12.3 Å². The Kier molecular flexibility index (Phi) is 9.03. The number of aliphatic imine (C=N–C) groups is 1. The number of fused-ring (bicyclic) bond motifs is 1. The summed E-state index contributed by atoms with van der Waals surface area (Å²) in [4.78, 5) is 46.3. The van der Waals surface area contributed by atoms with Crippen LogP contribution >= 0.6 is 0 Å². The van der Waals surface area contributed by atoms with Crippen molar-refractivity contribution in [1.29, 1.82) is 0 Å². The lowest BCUT2D eigenvalue weighted by Crippen LogP contribution is -2.51. The molecule has 0 saturated heterocycles. The number of carbonyl (C=O) groups excluding carboxylic acids is 3. The van der Waals surface area contributed by atoms with E-state index in [0.29, 0.717) is 29.1 Å². The number of benzene rings is 3. The van der Waals surface area contributed by atoms with Gasteiger partial charge in [0, 0.05) is 23.2 Å². The van der Waals surface area contributed by atoms with Crippen molar-refractivity contribution in [3.8, 4) is 0 Å². The molecule has 0 unspecified atom stereocenters. The van der Waals surface area contributed by atoms with Gasteiger partial charge in [0.2, 0.25) is 6.17 Å². The monoisotopic (exact) mass is 510 g/mol. The Morgan fingerprint density at radius 3 is 2.37 bits per heavy atom. The molecule has 38 heavy (non-hydrogen) atoms. The van der Waals surface area contributed by atoms with Gasteiger partial charge >= 0.3 is 6.03 Å². The summed E-state index contributed by atoms with van der Waals surface area (Å²) in [6, 6.07) is 23.8. The Morgan fingerprint density at radius 2 is 1.61 bits per heavy atom. The molecule has 1 heterocycles. The van der Waals surface area contributed by atoms with Crippen LogP contribution < -0.4 is 15.5 Å². The number of benzodiazepines with no additional fused rings is 1. The maximum absolute atomic E-state index is 13.9. The van der Waals surface area contributed by atoms with E-state index < -0.39 is 18.1 Å². The molecule has 0 aliphatic carbocycles. The number of para-hydroxylation sites is 1. The fourth-order valence-corrected chi connectivity index (χ4v) is 4.56. The van der Waals surface area contributed by atoms with Gasteiger partial charge in [0.25, 0.3) is 5.91 Å².